The standard InChI is InChI=1S/C12H19F3N2OS/c1-3-5-16-7-10-9(2)17-11(19-10)4-6-18-8-12(13,14)15/h16H,3-8H2,1-2H3. The number of hydrogen-bond acceptors (Lipinski definition) is 4. The minimum atomic E-state index is -4.26. The van der Waals surface area contributed by atoms with Crippen molar-refractivity contribution in [3.63, 3.8) is 0 Å². The van der Waals surface area contributed by atoms with Crippen LogP contribution in [0.3, 0.4) is 0 Å². The highest BCUT2D eigenvalue weighted by atomic mass is 32.1. The second-order valence-corrected chi connectivity index (χ2v) is 5.38. The molecule has 19 heavy (non-hydrogen) atoms. The Morgan fingerprint density at radius 3 is 2.74 bits per heavy atom. The average molecular weight is 296 g/mol. The molecule has 1 rings (SSSR count). The van der Waals surface area contributed by atoms with E-state index in [4.69, 9.17) is 0 Å². The molecule has 0 aromatic carbocycles. The topological polar surface area (TPSA) is 34.1 Å². The highest BCUT2D eigenvalue weighted by Gasteiger charge is 2.27. The maximum absolute atomic E-state index is 11.9. The predicted octanol–water partition coefficient (Wildman–Crippen LogP) is 3.07. The third kappa shape index (κ3) is 6.89. The maximum Gasteiger partial charge on any atom is 0.411 e. The molecule has 1 N–H and O–H groups in total. The van der Waals surface area contributed by atoms with E-state index in [-0.39, 0.29) is 6.61 Å². The van der Waals surface area contributed by atoms with Crippen molar-refractivity contribution in [3.05, 3.63) is 15.6 Å². The lowest BCUT2D eigenvalue weighted by Crippen LogP contribution is -2.17. The number of nitrogens with one attached hydrogen (secondary N) is 1. The van der Waals surface area contributed by atoms with Gasteiger partial charge in [-0.25, -0.2) is 4.98 Å². The molecule has 0 atom stereocenters. The molecule has 0 saturated heterocycles. The molecule has 0 unspecified atom stereocenters. The fourth-order valence-corrected chi connectivity index (χ4v) is 2.51. The first-order valence-corrected chi connectivity index (χ1v) is 7.04. The molecular formula is C12H19F3N2OS. The van der Waals surface area contributed by atoms with E-state index in [1.165, 1.54) is 11.3 Å². The van der Waals surface area contributed by atoms with Crippen LogP contribution in [0.15, 0.2) is 0 Å². The highest BCUT2D eigenvalue weighted by Crippen LogP contribution is 2.19. The minimum Gasteiger partial charge on any atom is -0.372 e. The van der Waals surface area contributed by atoms with Gasteiger partial charge < -0.3 is 10.1 Å². The van der Waals surface area contributed by atoms with Crippen LogP contribution < -0.4 is 5.32 Å². The van der Waals surface area contributed by atoms with Crippen LogP contribution in [0.1, 0.15) is 28.9 Å². The Balaban J connectivity index is 2.32. The van der Waals surface area contributed by atoms with Gasteiger partial charge in [-0.05, 0) is 19.9 Å². The molecular weight excluding hydrogens is 277 g/mol. The van der Waals surface area contributed by atoms with Crippen LogP contribution in [0.5, 0.6) is 0 Å². The molecule has 0 aliphatic carbocycles. The smallest absolute Gasteiger partial charge is 0.372 e. The van der Waals surface area contributed by atoms with Gasteiger partial charge in [0.25, 0.3) is 0 Å². The molecule has 7 heteroatoms. The normalized spacial score (nSPS) is 12.1. The summed E-state index contributed by atoms with van der Waals surface area (Å²) in [6.45, 7) is 4.58. The van der Waals surface area contributed by atoms with Gasteiger partial charge >= 0.3 is 6.18 Å². The van der Waals surface area contributed by atoms with Crippen molar-refractivity contribution < 1.29 is 17.9 Å². The Labute approximate surface area is 115 Å². The summed E-state index contributed by atoms with van der Waals surface area (Å²) in [5.41, 5.74) is 0.944. The molecule has 0 fully saturated rings. The molecule has 110 valence electrons. The molecule has 1 aromatic heterocycles. The van der Waals surface area contributed by atoms with Gasteiger partial charge in [0.05, 0.1) is 17.3 Å². The summed E-state index contributed by atoms with van der Waals surface area (Å²) in [5, 5.41) is 4.11. The van der Waals surface area contributed by atoms with E-state index in [1.807, 2.05) is 6.92 Å². The maximum atomic E-state index is 11.9. The summed E-state index contributed by atoms with van der Waals surface area (Å²) in [5.74, 6) is 0. The van der Waals surface area contributed by atoms with Gasteiger partial charge in [-0.3, -0.25) is 0 Å². The Bertz CT molecular complexity index is 380. The molecule has 0 saturated carbocycles. The summed E-state index contributed by atoms with van der Waals surface area (Å²) in [6.07, 6.45) is -2.76. The largest absolute Gasteiger partial charge is 0.411 e. The number of rotatable bonds is 8. The first-order chi connectivity index (χ1) is 8.92. The number of nitrogens with zero attached hydrogens (tertiary/aromatic N) is 1. The molecule has 0 radical (unpaired) electrons. The van der Waals surface area contributed by atoms with Gasteiger partial charge in [-0.1, -0.05) is 6.92 Å². The van der Waals surface area contributed by atoms with Crippen molar-refractivity contribution in [2.45, 2.75) is 39.4 Å². The van der Waals surface area contributed by atoms with E-state index < -0.39 is 12.8 Å². The van der Waals surface area contributed by atoms with Crippen LogP contribution in [0, 0.1) is 6.92 Å². The number of alkyl halides is 3. The highest BCUT2D eigenvalue weighted by molar-refractivity contribution is 7.11. The fourth-order valence-electron chi connectivity index (χ4n) is 1.49. The quantitative estimate of drug-likeness (QED) is 0.749. The fraction of sp³-hybridized carbons (Fsp3) is 0.750. The molecule has 1 heterocycles. The number of aryl methyl sites for hydroxylation is 1. The molecule has 0 spiro atoms. The Morgan fingerprint density at radius 1 is 1.37 bits per heavy atom. The SMILES string of the molecule is CCCNCc1sc(CCOCC(F)(F)F)nc1C. The zero-order valence-electron chi connectivity index (χ0n) is 11.1. The Hall–Kier alpha value is -0.660. The predicted molar refractivity (Wildman–Crippen MR) is 69.4 cm³/mol. The first kappa shape index (κ1) is 16.4. The zero-order chi connectivity index (χ0) is 14.3. The third-order valence-corrected chi connectivity index (χ3v) is 3.59. The van der Waals surface area contributed by atoms with Crippen LogP contribution in [-0.4, -0.2) is 30.9 Å². The van der Waals surface area contributed by atoms with Crippen LogP contribution >= 0.6 is 11.3 Å². The van der Waals surface area contributed by atoms with Gasteiger partial charge in [-0.2, -0.15) is 13.2 Å². The van der Waals surface area contributed by atoms with Crippen LogP contribution in [0.2, 0.25) is 0 Å². The Morgan fingerprint density at radius 2 is 2.11 bits per heavy atom. The lowest BCUT2D eigenvalue weighted by atomic mass is 10.4. The molecule has 0 bridgehead atoms. The van der Waals surface area contributed by atoms with Crippen LogP contribution in [0.25, 0.3) is 0 Å². The lowest BCUT2D eigenvalue weighted by Gasteiger charge is -2.06. The van der Waals surface area contributed by atoms with Crippen molar-refractivity contribution >= 4 is 11.3 Å². The molecule has 0 aliphatic rings. The zero-order valence-corrected chi connectivity index (χ0v) is 12.0. The van der Waals surface area contributed by atoms with Crippen molar-refractivity contribution in [1.82, 2.24) is 10.3 Å². The number of aromatic nitrogens is 1. The summed E-state index contributed by atoms with van der Waals surface area (Å²) in [4.78, 5) is 5.48. The monoisotopic (exact) mass is 296 g/mol. The summed E-state index contributed by atoms with van der Waals surface area (Å²) < 4.78 is 40.2. The molecule has 3 nitrogen and oxygen atoms in total. The number of hydrogen-bond donors (Lipinski definition) is 1. The van der Waals surface area contributed by atoms with E-state index in [2.05, 4.69) is 22.0 Å². The van der Waals surface area contributed by atoms with Gasteiger partial charge in [0, 0.05) is 17.8 Å². The van der Waals surface area contributed by atoms with E-state index in [9.17, 15) is 13.2 Å². The van der Waals surface area contributed by atoms with E-state index in [1.54, 1.807) is 0 Å². The number of thiazole rings is 1. The van der Waals surface area contributed by atoms with Crippen LogP contribution in [-0.2, 0) is 17.7 Å². The van der Waals surface area contributed by atoms with Crippen molar-refractivity contribution in [3.8, 4) is 0 Å². The van der Waals surface area contributed by atoms with Gasteiger partial charge in [-0.15, -0.1) is 11.3 Å². The molecule has 0 amide bonds. The summed E-state index contributed by atoms with van der Waals surface area (Å²) in [6, 6.07) is 0. The van der Waals surface area contributed by atoms with E-state index in [0.29, 0.717) is 6.42 Å². The van der Waals surface area contributed by atoms with Crippen molar-refractivity contribution in [2.24, 2.45) is 0 Å². The summed E-state index contributed by atoms with van der Waals surface area (Å²) >= 11 is 1.53. The second-order valence-electron chi connectivity index (χ2n) is 4.21. The molecule has 0 aliphatic heterocycles. The molecule has 1 aromatic rings. The van der Waals surface area contributed by atoms with Crippen molar-refractivity contribution in [2.75, 3.05) is 19.8 Å². The summed E-state index contributed by atoms with van der Waals surface area (Å²) in [7, 11) is 0. The third-order valence-electron chi connectivity index (χ3n) is 2.38. The van der Waals surface area contributed by atoms with Crippen LogP contribution in [0.4, 0.5) is 13.2 Å². The number of ether oxygens (including phenoxy) is 1. The average Bonchev–Trinajstić information content (AvgIpc) is 2.65. The first-order valence-electron chi connectivity index (χ1n) is 6.22. The van der Waals surface area contributed by atoms with E-state index >= 15 is 0 Å². The van der Waals surface area contributed by atoms with Crippen molar-refractivity contribution in [1.29, 1.82) is 0 Å². The van der Waals surface area contributed by atoms with Gasteiger partial charge in [0.2, 0.25) is 0 Å². The minimum absolute atomic E-state index is 0.0499. The lowest BCUT2D eigenvalue weighted by molar-refractivity contribution is -0.173. The second kappa shape index (κ2) is 7.81. The van der Waals surface area contributed by atoms with E-state index in [0.717, 1.165) is 35.1 Å². The Kier molecular flexibility index (Phi) is 6.74. The number of halogens is 3. The van der Waals surface area contributed by atoms with Gasteiger partial charge in [0.15, 0.2) is 0 Å². The van der Waals surface area contributed by atoms with Gasteiger partial charge in [0.1, 0.15) is 6.61 Å².